The normalized spacial score (nSPS) is 23.0. The summed E-state index contributed by atoms with van der Waals surface area (Å²) in [6.45, 7) is 7.02. The van der Waals surface area contributed by atoms with E-state index in [0.29, 0.717) is 6.04 Å². The van der Waals surface area contributed by atoms with Crippen LogP contribution < -0.4 is 4.74 Å². The molecule has 3 aliphatic heterocycles. The Balaban J connectivity index is 1.43. The van der Waals surface area contributed by atoms with E-state index in [9.17, 15) is 4.79 Å². The predicted molar refractivity (Wildman–Crippen MR) is 111 cm³/mol. The van der Waals surface area contributed by atoms with Crippen LogP contribution in [0.25, 0.3) is 0 Å². The Morgan fingerprint density at radius 1 is 1.11 bits per heavy atom. The molecular formula is C23H31N3O2. The zero-order valence-electron chi connectivity index (χ0n) is 17.2. The second-order valence-corrected chi connectivity index (χ2v) is 8.46. The number of ketones is 1. The van der Waals surface area contributed by atoms with Crippen LogP contribution in [0.15, 0.2) is 36.5 Å². The zero-order chi connectivity index (χ0) is 19.7. The lowest BCUT2D eigenvalue weighted by Crippen LogP contribution is -2.43. The summed E-state index contributed by atoms with van der Waals surface area (Å²) in [7, 11) is 3.76. The summed E-state index contributed by atoms with van der Waals surface area (Å²) < 4.78 is 7.39. The Hall–Kier alpha value is -2.11. The first-order valence-electron chi connectivity index (χ1n) is 10.3. The molecule has 0 amide bonds. The van der Waals surface area contributed by atoms with Crippen molar-refractivity contribution in [3.63, 3.8) is 0 Å². The fraction of sp³-hybridized carbons (Fsp3) is 0.522. The van der Waals surface area contributed by atoms with Crippen LogP contribution in [0.5, 0.6) is 5.75 Å². The van der Waals surface area contributed by atoms with Crippen LogP contribution in [0.2, 0.25) is 0 Å². The van der Waals surface area contributed by atoms with Crippen LogP contribution in [0.3, 0.4) is 0 Å². The SMILES string of the molecule is COc1ccc(CN2CC3CCC(C2)N(Cc2cc(C(C)=O)cn2C)C3)cc1. The van der Waals surface area contributed by atoms with E-state index >= 15 is 0 Å². The maximum atomic E-state index is 11.7. The number of benzene rings is 1. The van der Waals surface area contributed by atoms with E-state index in [2.05, 4.69) is 44.7 Å². The van der Waals surface area contributed by atoms with Gasteiger partial charge in [-0.2, -0.15) is 0 Å². The van der Waals surface area contributed by atoms with Crippen LogP contribution in [0, 0.1) is 5.92 Å². The van der Waals surface area contributed by atoms with Crippen LogP contribution in [-0.4, -0.2) is 52.9 Å². The van der Waals surface area contributed by atoms with E-state index in [0.717, 1.165) is 43.4 Å². The summed E-state index contributed by atoms with van der Waals surface area (Å²) in [5, 5.41) is 0. The molecule has 5 nitrogen and oxygen atoms in total. The number of carbonyl (C=O) groups excluding carboxylic acids is 1. The summed E-state index contributed by atoms with van der Waals surface area (Å²) in [5.74, 6) is 1.79. The lowest BCUT2D eigenvalue weighted by atomic mass is 9.95. The predicted octanol–water partition coefficient (Wildman–Crippen LogP) is 3.33. The van der Waals surface area contributed by atoms with Gasteiger partial charge in [0, 0.05) is 63.3 Å². The highest BCUT2D eigenvalue weighted by Gasteiger charge is 2.35. The quantitative estimate of drug-likeness (QED) is 0.720. The molecule has 28 heavy (non-hydrogen) atoms. The molecule has 1 aromatic carbocycles. The molecule has 2 bridgehead atoms. The van der Waals surface area contributed by atoms with Crippen LogP contribution >= 0.6 is 0 Å². The fourth-order valence-corrected chi connectivity index (χ4v) is 4.76. The van der Waals surface area contributed by atoms with Gasteiger partial charge in [0.15, 0.2) is 5.78 Å². The number of carbonyl (C=O) groups is 1. The maximum absolute atomic E-state index is 11.7. The number of Topliss-reactive ketones (excluding diaryl/α,β-unsaturated/α-hetero) is 1. The highest BCUT2D eigenvalue weighted by atomic mass is 16.5. The first-order chi connectivity index (χ1) is 13.5. The number of fused-ring (bicyclic) bond motifs is 4. The van der Waals surface area contributed by atoms with Crippen molar-refractivity contribution in [3.8, 4) is 5.75 Å². The lowest BCUT2D eigenvalue weighted by molar-refractivity contribution is 0.101. The Morgan fingerprint density at radius 2 is 1.89 bits per heavy atom. The Kier molecular flexibility index (Phi) is 5.56. The van der Waals surface area contributed by atoms with Crippen LogP contribution in [0.4, 0.5) is 0 Å². The molecule has 150 valence electrons. The van der Waals surface area contributed by atoms with Crippen molar-refractivity contribution in [2.75, 3.05) is 26.7 Å². The molecular weight excluding hydrogens is 350 g/mol. The molecule has 3 fully saturated rings. The number of aromatic nitrogens is 1. The molecule has 0 spiro atoms. The van der Waals surface area contributed by atoms with Gasteiger partial charge in [-0.15, -0.1) is 0 Å². The largest absolute Gasteiger partial charge is 0.497 e. The molecule has 5 rings (SSSR count). The van der Waals surface area contributed by atoms with E-state index in [1.165, 1.54) is 30.6 Å². The Labute approximate surface area is 167 Å². The van der Waals surface area contributed by atoms with Crippen molar-refractivity contribution in [1.82, 2.24) is 14.4 Å². The van der Waals surface area contributed by atoms with Crippen LogP contribution in [0.1, 0.15) is 41.4 Å². The molecule has 2 atom stereocenters. The third-order valence-corrected chi connectivity index (χ3v) is 6.35. The number of ether oxygens (including phenoxy) is 1. The molecule has 5 heteroatoms. The van der Waals surface area contributed by atoms with Crippen molar-refractivity contribution >= 4 is 5.78 Å². The molecule has 2 aromatic rings. The van der Waals surface area contributed by atoms with Gasteiger partial charge in [-0.25, -0.2) is 0 Å². The standard InChI is InChI=1S/C23H31N3O2/c1-17(27)20-10-22(24(2)14-20)16-26-13-19-4-7-21(26)15-25(12-19)11-18-5-8-23(28-3)9-6-18/h5-6,8-10,14,19,21H,4,7,11-13,15-16H2,1-3H3. The van der Waals surface area contributed by atoms with E-state index in [1.54, 1.807) is 14.0 Å². The van der Waals surface area contributed by atoms with Crippen molar-refractivity contribution in [2.45, 2.75) is 38.9 Å². The number of hydrogen-bond acceptors (Lipinski definition) is 4. The summed E-state index contributed by atoms with van der Waals surface area (Å²) in [4.78, 5) is 17.0. The van der Waals surface area contributed by atoms with Gasteiger partial charge in [0.1, 0.15) is 5.75 Å². The second-order valence-electron chi connectivity index (χ2n) is 8.46. The first kappa shape index (κ1) is 19.2. The van der Waals surface area contributed by atoms with Crippen molar-refractivity contribution < 1.29 is 9.53 Å². The molecule has 4 heterocycles. The van der Waals surface area contributed by atoms with Gasteiger partial charge in [-0.05, 0) is 49.4 Å². The van der Waals surface area contributed by atoms with Crippen molar-refractivity contribution in [1.29, 1.82) is 0 Å². The topological polar surface area (TPSA) is 37.7 Å². The van der Waals surface area contributed by atoms with Crippen molar-refractivity contribution in [3.05, 3.63) is 53.3 Å². The number of hydrogen-bond donors (Lipinski definition) is 0. The summed E-state index contributed by atoms with van der Waals surface area (Å²) in [5.41, 5.74) is 3.40. The van der Waals surface area contributed by atoms with E-state index in [-0.39, 0.29) is 5.78 Å². The zero-order valence-corrected chi connectivity index (χ0v) is 17.2. The van der Waals surface area contributed by atoms with Crippen LogP contribution in [-0.2, 0) is 20.1 Å². The fourth-order valence-electron chi connectivity index (χ4n) is 4.76. The Morgan fingerprint density at radius 3 is 2.57 bits per heavy atom. The highest BCUT2D eigenvalue weighted by molar-refractivity contribution is 5.94. The number of piperidine rings is 1. The number of nitrogens with zero attached hydrogens (tertiary/aromatic N) is 3. The lowest BCUT2D eigenvalue weighted by Gasteiger charge is -2.36. The van der Waals surface area contributed by atoms with Gasteiger partial charge in [0.2, 0.25) is 0 Å². The van der Waals surface area contributed by atoms with Gasteiger partial charge in [-0.1, -0.05) is 12.1 Å². The summed E-state index contributed by atoms with van der Waals surface area (Å²) in [6.07, 6.45) is 4.56. The molecule has 0 N–H and O–H groups in total. The first-order valence-corrected chi connectivity index (χ1v) is 10.3. The monoisotopic (exact) mass is 381 g/mol. The second kappa shape index (κ2) is 8.10. The molecule has 0 saturated carbocycles. The number of methoxy groups -OCH3 is 1. The van der Waals surface area contributed by atoms with Gasteiger partial charge in [0.05, 0.1) is 7.11 Å². The van der Waals surface area contributed by atoms with E-state index in [4.69, 9.17) is 4.74 Å². The Bertz CT molecular complexity index is 827. The third kappa shape index (κ3) is 4.15. The smallest absolute Gasteiger partial charge is 0.161 e. The molecule has 1 aromatic heterocycles. The summed E-state index contributed by atoms with van der Waals surface area (Å²) in [6, 6.07) is 11.1. The van der Waals surface area contributed by atoms with Gasteiger partial charge in [-0.3, -0.25) is 14.6 Å². The van der Waals surface area contributed by atoms with E-state index < -0.39 is 0 Å². The number of rotatable bonds is 6. The minimum absolute atomic E-state index is 0.143. The maximum Gasteiger partial charge on any atom is 0.161 e. The molecule has 2 unspecified atom stereocenters. The van der Waals surface area contributed by atoms with Crippen molar-refractivity contribution in [2.24, 2.45) is 13.0 Å². The van der Waals surface area contributed by atoms with Gasteiger partial charge in [0.25, 0.3) is 0 Å². The number of aryl methyl sites for hydroxylation is 1. The summed E-state index contributed by atoms with van der Waals surface area (Å²) >= 11 is 0. The molecule has 3 saturated heterocycles. The average molecular weight is 382 g/mol. The van der Waals surface area contributed by atoms with Gasteiger partial charge < -0.3 is 9.30 Å². The molecule has 0 radical (unpaired) electrons. The minimum atomic E-state index is 0.143. The highest BCUT2D eigenvalue weighted by Crippen LogP contribution is 2.30. The van der Waals surface area contributed by atoms with Gasteiger partial charge >= 0.3 is 0 Å². The molecule has 0 aliphatic carbocycles. The third-order valence-electron chi connectivity index (χ3n) is 6.35. The van der Waals surface area contributed by atoms with E-state index in [1.807, 2.05) is 13.2 Å². The average Bonchev–Trinajstić information content (AvgIpc) is 2.85. The minimum Gasteiger partial charge on any atom is -0.497 e. The molecule has 3 aliphatic rings.